The van der Waals surface area contributed by atoms with Crippen molar-refractivity contribution in [2.75, 3.05) is 26.6 Å². The summed E-state index contributed by atoms with van der Waals surface area (Å²) in [6.07, 6.45) is 1.67. The van der Waals surface area contributed by atoms with Crippen molar-refractivity contribution in [1.82, 2.24) is 9.97 Å². The molecule has 0 saturated heterocycles. The Morgan fingerprint density at radius 2 is 1.96 bits per heavy atom. The van der Waals surface area contributed by atoms with E-state index in [2.05, 4.69) is 15.3 Å². The van der Waals surface area contributed by atoms with E-state index in [0.717, 1.165) is 16.9 Å². The molecule has 7 heteroatoms. The second kappa shape index (κ2) is 7.44. The fraction of sp³-hybridized carbons (Fsp3) is 0.312. The van der Waals surface area contributed by atoms with Crippen molar-refractivity contribution in [2.24, 2.45) is 0 Å². The molecule has 0 bridgehead atoms. The van der Waals surface area contributed by atoms with Crippen LogP contribution in [0.1, 0.15) is 11.1 Å². The Balaban J connectivity index is 2.09. The van der Waals surface area contributed by atoms with Crippen LogP contribution in [0.25, 0.3) is 0 Å². The van der Waals surface area contributed by atoms with Gasteiger partial charge in [-0.05, 0) is 24.1 Å². The number of ether oxygens (including phenoxy) is 3. The summed E-state index contributed by atoms with van der Waals surface area (Å²) in [5, 5.41) is 2.73. The molecule has 122 valence electrons. The normalized spacial score (nSPS) is 10.1. The quantitative estimate of drug-likeness (QED) is 0.877. The topological polar surface area (TPSA) is 82.6 Å². The molecule has 1 aromatic heterocycles. The second-order valence-electron chi connectivity index (χ2n) is 4.81. The number of anilines is 1. The monoisotopic (exact) mass is 317 g/mol. The lowest BCUT2D eigenvalue weighted by Crippen LogP contribution is -2.16. The Labute approximate surface area is 134 Å². The molecule has 23 heavy (non-hydrogen) atoms. The maximum absolute atomic E-state index is 12.2. The Morgan fingerprint density at radius 1 is 1.17 bits per heavy atom. The van der Waals surface area contributed by atoms with Crippen LogP contribution in [0.5, 0.6) is 17.6 Å². The molecule has 7 nitrogen and oxygen atoms in total. The average molecular weight is 317 g/mol. The standard InChI is InChI=1S/C16H19N3O4/c1-10-7-11(5-6-13(10)21-2)8-14(20)18-12-9-17-16(23-4)19-15(12)22-3/h5-7,9H,8H2,1-4H3,(H,18,20). The number of nitrogens with zero attached hydrogens (tertiary/aromatic N) is 2. The number of hydrogen-bond acceptors (Lipinski definition) is 6. The van der Waals surface area contributed by atoms with Crippen molar-refractivity contribution < 1.29 is 19.0 Å². The van der Waals surface area contributed by atoms with E-state index >= 15 is 0 Å². The number of aromatic nitrogens is 2. The van der Waals surface area contributed by atoms with Gasteiger partial charge in [-0.3, -0.25) is 4.79 Å². The van der Waals surface area contributed by atoms with Gasteiger partial charge in [-0.1, -0.05) is 12.1 Å². The molecule has 0 radical (unpaired) electrons. The highest BCUT2D eigenvalue weighted by Gasteiger charge is 2.12. The first-order chi connectivity index (χ1) is 11.1. The van der Waals surface area contributed by atoms with Crippen LogP contribution in [-0.2, 0) is 11.2 Å². The first-order valence-electron chi connectivity index (χ1n) is 6.95. The summed E-state index contributed by atoms with van der Waals surface area (Å²) in [4.78, 5) is 20.2. The number of benzene rings is 1. The Kier molecular flexibility index (Phi) is 5.35. The van der Waals surface area contributed by atoms with Gasteiger partial charge < -0.3 is 19.5 Å². The minimum Gasteiger partial charge on any atom is -0.496 e. The number of aryl methyl sites for hydroxylation is 1. The fourth-order valence-corrected chi connectivity index (χ4v) is 2.12. The van der Waals surface area contributed by atoms with Crippen molar-refractivity contribution in [1.29, 1.82) is 0 Å². The number of carbonyl (C=O) groups excluding carboxylic acids is 1. The molecule has 0 aliphatic carbocycles. The van der Waals surface area contributed by atoms with Crippen molar-refractivity contribution >= 4 is 11.6 Å². The SMILES string of the molecule is COc1ncc(NC(=O)Cc2ccc(OC)c(C)c2)c(OC)n1. The highest BCUT2D eigenvalue weighted by molar-refractivity contribution is 5.93. The predicted molar refractivity (Wildman–Crippen MR) is 85.2 cm³/mol. The molecular weight excluding hydrogens is 298 g/mol. The number of amides is 1. The maximum atomic E-state index is 12.2. The third-order valence-corrected chi connectivity index (χ3v) is 3.21. The Morgan fingerprint density at radius 3 is 2.57 bits per heavy atom. The van der Waals surface area contributed by atoms with Gasteiger partial charge in [0.05, 0.1) is 33.9 Å². The summed E-state index contributed by atoms with van der Waals surface area (Å²) in [5.74, 6) is 0.845. The zero-order chi connectivity index (χ0) is 16.8. The molecule has 0 aliphatic rings. The Hall–Kier alpha value is -2.83. The molecule has 1 aromatic carbocycles. The van der Waals surface area contributed by atoms with Gasteiger partial charge in [0.25, 0.3) is 0 Å². The number of carbonyl (C=O) groups is 1. The van der Waals surface area contributed by atoms with E-state index in [1.165, 1.54) is 20.4 Å². The third kappa shape index (κ3) is 4.09. The van der Waals surface area contributed by atoms with E-state index in [-0.39, 0.29) is 24.2 Å². The van der Waals surface area contributed by atoms with Crippen LogP contribution < -0.4 is 19.5 Å². The number of nitrogens with one attached hydrogen (secondary N) is 1. The molecule has 0 spiro atoms. The third-order valence-electron chi connectivity index (χ3n) is 3.21. The van der Waals surface area contributed by atoms with Crippen LogP contribution in [0.3, 0.4) is 0 Å². The van der Waals surface area contributed by atoms with Gasteiger partial charge >= 0.3 is 6.01 Å². The van der Waals surface area contributed by atoms with E-state index in [1.54, 1.807) is 7.11 Å². The Bertz CT molecular complexity index is 704. The lowest BCUT2D eigenvalue weighted by Gasteiger charge is -2.10. The summed E-state index contributed by atoms with van der Waals surface area (Å²) < 4.78 is 15.3. The molecule has 0 atom stereocenters. The number of hydrogen-bond donors (Lipinski definition) is 1. The average Bonchev–Trinajstić information content (AvgIpc) is 2.55. The van der Waals surface area contributed by atoms with Crippen molar-refractivity contribution in [3.05, 3.63) is 35.5 Å². The van der Waals surface area contributed by atoms with Gasteiger partial charge in [-0.25, -0.2) is 4.98 Å². The predicted octanol–water partition coefficient (Wildman–Crippen LogP) is 1.99. The zero-order valence-corrected chi connectivity index (χ0v) is 13.5. The molecule has 1 amide bonds. The van der Waals surface area contributed by atoms with Crippen molar-refractivity contribution in [2.45, 2.75) is 13.3 Å². The van der Waals surface area contributed by atoms with Gasteiger partial charge in [-0.15, -0.1) is 0 Å². The highest BCUT2D eigenvalue weighted by atomic mass is 16.5. The van der Waals surface area contributed by atoms with E-state index in [9.17, 15) is 4.79 Å². The van der Waals surface area contributed by atoms with Crippen LogP contribution in [-0.4, -0.2) is 37.2 Å². The van der Waals surface area contributed by atoms with Crippen molar-refractivity contribution in [3.63, 3.8) is 0 Å². The van der Waals surface area contributed by atoms with Gasteiger partial charge in [-0.2, -0.15) is 4.98 Å². The molecular formula is C16H19N3O4. The van der Waals surface area contributed by atoms with E-state index in [1.807, 2.05) is 25.1 Å². The molecule has 0 unspecified atom stereocenters. The van der Waals surface area contributed by atoms with Crippen LogP contribution in [0.2, 0.25) is 0 Å². The summed E-state index contributed by atoms with van der Waals surface area (Å²) in [5.41, 5.74) is 2.25. The largest absolute Gasteiger partial charge is 0.496 e. The molecule has 2 rings (SSSR count). The van der Waals surface area contributed by atoms with E-state index in [4.69, 9.17) is 14.2 Å². The van der Waals surface area contributed by atoms with Crippen LogP contribution >= 0.6 is 0 Å². The van der Waals surface area contributed by atoms with Gasteiger partial charge in [0.2, 0.25) is 11.8 Å². The molecule has 1 heterocycles. The lowest BCUT2D eigenvalue weighted by molar-refractivity contribution is -0.115. The van der Waals surface area contributed by atoms with Gasteiger partial charge in [0, 0.05) is 0 Å². The summed E-state index contributed by atoms with van der Waals surface area (Å²) in [6, 6.07) is 5.79. The van der Waals surface area contributed by atoms with E-state index < -0.39 is 0 Å². The summed E-state index contributed by atoms with van der Waals surface area (Å²) in [7, 11) is 4.54. The van der Waals surface area contributed by atoms with Crippen LogP contribution in [0.15, 0.2) is 24.4 Å². The summed E-state index contributed by atoms with van der Waals surface area (Å²) in [6.45, 7) is 1.93. The fourth-order valence-electron chi connectivity index (χ4n) is 2.12. The molecule has 1 N–H and O–H groups in total. The van der Waals surface area contributed by atoms with Crippen molar-refractivity contribution in [3.8, 4) is 17.6 Å². The van der Waals surface area contributed by atoms with Gasteiger partial charge in [0.1, 0.15) is 11.4 Å². The maximum Gasteiger partial charge on any atom is 0.319 e. The van der Waals surface area contributed by atoms with Crippen LogP contribution in [0, 0.1) is 6.92 Å². The summed E-state index contributed by atoms with van der Waals surface area (Å²) >= 11 is 0. The highest BCUT2D eigenvalue weighted by Crippen LogP contribution is 2.23. The first-order valence-corrected chi connectivity index (χ1v) is 6.95. The molecule has 0 fully saturated rings. The number of methoxy groups -OCH3 is 3. The molecule has 0 aliphatic heterocycles. The smallest absolute Gasteiger partial charge is 0.319 e. The van der Waals surface area contributed by atoms with Gasteiger partial charge in [0.15, 0.2) is 0 Å². The minimum absolute atomic E-state index is 0.172. The van der Waals surface area contributed by atoms with E-state index in [0.29, 0.717) is 5.69 Å². The molecule has 2 aromatic rings. The first kappa shape index (κ1) is 16.5. The van der Waals surface area contributed by atoms with Crippen LogP contribution in [0.4, 0.5) is 5.69 Å². The second-order valence-corrected chi connectivity index (χ2v) is 4.81. The zero-order valence-electron chi connectivity index (χ0n) is 13.5. The molecule has 0 saturated carbocycles. The lowest BCUT2D eigenvalue weighted by atomic mass is 10.1. The number of rotatable bonds is 6. The minimum atomic E-state index is -0.193.